The molecule has 0 spiro atoms. The molecular formula is H2O3P2S2. The number of rotatable bonds is 3. The van der Waals surface area contributed by atoms with Crippen molar-refractivity contribution in [1.82, 2.24) is 0 Å². The number of hydrogen-bond donors (Lipinski definition) is 2. The van der Waals surface area contributed by atoms with Crippen LogP contribution in [0.4, 0.5) is 0 Å². The summed E-state index contributed by atoms with van der Waals surface area (Å²) in [5, 5.41) is 0. The van der Waals surface area contributed by atoms with Crippen molar-refractivity contribution < 1.29 is 13.7 Å². The SMILES string of the molecule is [2H]OP=S(=O)(P=O)S[2H]. The summed E-state index contributed by atoms with van der Waals surface area (Å²) in [5.41, 5.74) is 0. The molecule has 0 aliphatic rings. The van der Waals surface area contributed by atoms with E-state index >= 15 is 0 Å². The molecule has 0 aliphatic heterocycles. The lowest BCUT2D eigenvalue weighted by atomic mass is 15.9. The quantitative estimate of drug-likeness (QED) is 0.386. The Morgan fingerprint density at radius 3 is 3.00 bits per heavy atom. The van der Waals surface area contributed by atoms with Crippen LogP contribution in [0.25, 0.3) is 0 Å². The standard InChI is InChI=1S/H2O3P2S2/c1-4-7(3,6)5-2/h1H,(H,3,6)/i/hD2. The van der Waals surface area contributed by atoms with Crippen LogP contribution in [0.1, 0.15) is 0 Å². The second kappa shape index (κ2) is 3.00. The van der Waals surface area contributed by atoms with Crippen molar-refractivity contribution in [2.45, 2.75) is 0 Å². The van der Waals surface area contributed by atoms with Crippen molar-refractivity contribution in [3.05, 3.63) is 0 Å². The van der Waals surface area contributed by atoms with Gasteiger partial charge in [0.25, 0.3) is 7.66 Å². The zero-order chi connectivity index (χ0) is 7.33. The summed E-state index contributed by atoms with van der Waals surface area (Å²) in [7, 11) is -3.74. The molecule has 0 rings (SSSR count). The molecule has 0 aromatic rings. The first-order chi connectivity index (χ1) is 4.18. The summed E-state index contributed by atoms with van der Waals surface area (Å²) in [5.74, 6) is 0. The third-order valence-corrected chi connectivity index (χ3v) is 3.99. The Bertz CT molecular complexity index is 194. The summed E-state index contributed by atoms with van der Waals surface area (Å²) in [6.45, 7) is 0. The maximum Gasteiger partial charge on any atom is 0.267 e. The van der Waals surface area contributed by atoms with Crippen LogP contribution in [0.15, 0.2) is 0 Å². The first kappa shape index (κ1) is 4.71. The van der Waals surface area contributed by atoms with Crippen LogP contribution in [0.2, 0.25) is 0 Å². The Morgan fingerprint density at radius 1 is 2.14 bits per heavy atom. The molecule has 0 aromatic heterocycles. The average molecular weight is 178 g/mol. The van der Waals surface area contributed by atoms with Gasteiger partial charge in [-0.15, -0.1) is 0 Å². The van der Waals surface area contributed by atoms with E-state index < -0.39 is 15.4 Å². The van der Waals surface area contributed by atoms with Gasteiger partial charge in [0, 0.05) is 0 Å². The highest BCUT2D eigenvalue weighted by atomic mass is 33.4. The molecule has 0 saturated carbocycles. The summed E-state index contributed by atoms with van der Waals surface area (Å²) in [6.07, 6.45) is 0. The molecule has 1 N–H and O–H groups in total. The second-order valence-electron chi connectivity index (χ2n) is 0.597. The molecule has 0 fully saturated rings. The fourth-order valence-corrected chi connectivity index (χ4v) is 0.367. The Labute approximate surface area is 51.4 Å². The van der Waals surface area contributed by atoms with E-state index in [2.05, 4.69) is 4.90 Å². The summed E-state index contributed by atoms with van der Waals surface area (Å²) >= 11 is 0.192. The van der Waals surface area contributed by atoms with E-state index in [9.17, 15) is 8.77 Å². The largest absolute Gasteiger partial charge is 0.334 e. The molecule has 0 radical (unpaired) electrons. The molecule has 0 aromatic carbocycles. The van der Waals surface area contributed by atoms with E-state index in [1.807, 2.05) is 0 Å². The number of hydrogen-bond acceptors (Lipinski definition) is 4. The predicted molar refractivity (Wildman–Crippen MR) is 33.9 cm³/mol. The van der Waals surface area contributed by atoms with Crippen LogP contribution in [0.3, 0.4) is 0 Å². The Hall–Kier alpha value is 0.860. The average Bonchev–Trinajstić information content (AvgIpc) is 1.89. The fraction of sp³-hybridized carbons (Fsp3) is 0. The van der Waals surface area contributed by atoms with E-state index in [4.69, 9.17) is 2.55 Å². The van der Waals surface area contributed by atoms with Crippen LogP contribution in [0, 0.1) is 0 Å². The highest BCUT2D eigenvalue weighted by Crippen LogP contribution is 2.22. The minimum atomic E-state index is -2.85. The lowest BCUT2D eigenvalue weighted by molar-refractivity contribution is 0.603. The second-order valence-corrected chi connectivity index (χ2v) is 9.53. The van der Waals surface area contributed by atoms with Crippen LogP contribution in [0.5, 0.6) is 0 Å². The van der Waals surface area contributed by atoms with Gasteiger partial charge in [-0.25, -0.2) is 4.21 Å². The predicted octanol–water partition coefficient (Wildman–Crippen LogP) is 1.09. The Kier molecular flexibility index (Phi) is 2.02. The van der Waals surface area contributed by atoms with Gasteiger partial charge >= 0.3 is 0 Å². The minimum absolute atomic E-state index is 0.192. The van der Waals surface area contributed by atoms with Crippen LogP contribution < -0.4 is 0 Å². The lowest BCUT2D eigenvalue weighted by Gasteiger charge is -1.77. The zero-order valence-electron chi connectivity index (χ0n) is 4.94. The van der Waals surface area contributed by atoms with Gasteiger partial charge in [-0.05, 0) is 0 Å². The molecule has 42 valence electrons. The van der Waals surface area contributed by atoms with Crippen LogP contribution in [-0.2, 0) is 12.3 Å². The molecule has 7 heavy (non-hydrogen) atoms. The molecular weight excluding hydrogens is 174 g/mol. The summed E-state index contributed by atoms with van der Waals surface area (Å²) < 4.78 is 33.3. The highest BCUT2D eigenvalue weighted by molar-refractivity contribution is 8.94. The maximum atomic E-state index is 10.7. The van der Waals surface area contributed by atoms with Crippen molar-refractivity contribution in [2.75, 3.05) is 0 Å². The van der Waals surface area contributed by atoms with Crippen LogP contribution >= 0.6 is 26.8 Å². The van der Waals surface area contributed by atoms with Crippen molar-refractivity contribution >= 4 is 34.6 Å². The van der Waals surface area contributed by atoms with Gasteiger partial charge in [0.05, 0.1) is 0 Å². The molecule has 0 aliphatic carbocycles. The molecule has 7 heteroatoms. The van der Waals surface area contributed by atoms with Gasteiger partial charge < -0.3 is 4.90 Å². The molecule has 0 bridgehead atoms. The Balaban J connectivity index is 4.48. The molecule has 0 heterocycles. The number of thiol groups is 1. The van der Waals surface area contributed by atoms with Gasteiger partial charge in [-0.1, -0.05) is 11.6 Å². The topological polar surface area (TPSA) is 54.4 Å². The third kappa shape index (κ3) is 3.44. The zero-order valence-corrected chi connectivity index (χ0v) is 6.36. The monoisotopic (exact) mass is 178 g/mol. The molecule has 3 nitrogen and oxygen atoms in total. The van der Waals surface area contributed by atoms with E-state index in [1.165, 1.54) is 0 Å². The fourth-order valence-electron chi connectivity index (χ4n) is 0.0136. The molecule has 0 saturated heterocycles. The van der Waals surface area contributed by atoms with E-state index in [0.717, 1.165) is 0 Å². The molecule has 1 atom stereocenters. The van der Waals surface area contributed by atoms with E-state index in [-0.39, 0.29) is 19.1 Å². The summed E-state index contributed by atoms with van der Waals surface area (Å²) in [4.78, 5) is 3.69. The van der Waals surface area contributed by atoms with Crippen molar-refractivity contribution in [2.24, 2.45) is 0 Å². The van der Waals surface area contributed by atoms with E-state index in [1.54, 1.807) is 0 Å². The lowest BCUT2D eigenvalue weighted by Crippen LogP contribution is -1.60. The third-order valence-electron chi connectivity index (χ3n) is 0.188. The van der Waals surface area contributed by atoms with E-state index in [0.29, 0.717) is 0 Å². The first-order valence-electron chi connectivity index (χ1n) is 1.88. The van der Waals surface area contributed by atoms with Crippen molar-refractivity contribution in [1.29, 1.82) is 2.55 Å². The van der Waals surface area contributed by atoms with Gasteiger partial charge in [-0.2, -0.15) is 0 Å². The van der Waals surface area contributed by atoms with Crippen molar-refractivity contribution in [3.63, 3.8) is 0 Å². The van der Waals surface area contributed by atoms with Gasteiger partial charge in [0.2, 0.25) is 1.43 Å². The van der Waals surface area contributed by atoms with Crippen LogP contribution in [-0.4, -0.2) is 11.7 Å². The highest BCUT2D eigenvalue weighted by Gasteiger charge is 1.94. The van der Waals surface area contributed by atoms with Crippen molar-refractivity contribution in [3.8, 4) is 0 Å². The van der Waals surface area contributed by atoms with Gasteiger partial charge in [-0.3, -0.25) is 4.57 Å². The maximum absolute atomic E-state index is 10.7. The minimum Gasteiger partial charge on any atom is -0.334 e. The molecule has 1 unspecified atom stereocenters. The Morgan fingerprint density at radius 2 is 2.86 bits per heavy atom. The van der Waals surface area contributed by atoms with Gasteiger partial charge in [0.15, 0.2) is 7.76 Å². The smallest absolute Gasteiger partial charge is 0.267 e. The normalized spacial score (nSPS) is 23.4. The summed E-state index contributed by atoms with van der Waals surface area (Å²) in [6, 6.07) is 0. The first-order valence-corrected chi connectivity index (χ1v) is 6.38. The van der Waals surface area contributed by atoms with Gasteiger partial charge in [0.1, 0.15) is 8.71 Å². The molecule has 0 amide bonds.